The lowest BCUT2D eigenvalue weighted by molar-refractivity contribution is 1.41. The van der Waals surface area contributed by atoms with Gasteiger partial charge in [0.05, 0.1) is 6.42 Å². The van der Waals surface area contributed by atoms with Crippen molar-refractivity contribution in [2.75, 3.05) is 0 Å². The first-order valence-electron chi connectivity index (χ1n) is 7.14. The van der Waals surface area contributed by atoms with Crippen LogP contribution in [0.4, 0.5) is 0 Å². The van der Waals surface area contributed by atoms with Crippen LogP contribution in [0, 0.1) is 6.42 Å². The summed E-state index contributed by atoms with van der Waals surface area (Å²) in [5.74, 6) is 0. The zero-order valence-electron chi connectivity index (χ0n) is 11.6. The van der Waals surface area contributed by atoms with Crippen LogP contribution in [0.2, 0.25) is 0 Å². The second-order valence-corrected chi connectivity index (χ2v) is 5.18. The lowest BCUT2D eigenvalue weighted by Crippen LogP contribution is -1.92. The van der Waals surface area contributed by atoms with Gasteiger partial charge in [-0.15, -0.1) is 0 Å². The summed E-state index contributed by atoms with van der Waals surface area (Å²) in [5, 5.41) is 0. The van der Waals surface area contributed by atoms with Crippen molar-refractivity contribution >= 4 is 11.6 Å². The maximum Gasteiger partial charge on any atom is 0.0514 e. The summed E-state index contributed by atoms with van der Waals surface area (Å²) in [4.78, 5) is 0. The predicted molar refractivity (Wildman–Crippen MR) is 87.7 cm³/mol. The van der Waals surface area contributed by atoms with Crippen LogP contribution in [0.15, 0.2) is 78.9 Å². The molecule has 0 amide bonds. The number of hydrogen-bond acceptors (Lipinski definition) is 0. The Balaban J connectivity index is 2.00. The minimum atomic E-state index is 1.15. The van der Waals surface area contributed by atoms with Crippen LogP contribution in [0.1, 0.15) is 27.8 Å². The van der Waals surface area contributed by atoms with Crippen molar-refractivity contribution in [2.24, 2.45) is 0 Å². The van der Waals surface area contributed by atoms with Crippen LogP contribution in [0.5, 0.6) is 0 Å². The zero-order valence-corrected chi connectivity index (χ0v) is 11.6. The molecule has 2 radical (unpaired) electrons. The molecule has 0 unspecified atom stereocenters. The van der Waals surface area contributed by atoms with E-state index < -0.39 is 0 Å². The fraction of sp³-hybridized carbons (Fsp3) is 0. The Morgan fingerprint density at radius 3 is 2.10 bits per heavy atom. The highest BCUT2D eigenvalue weighted by Gasteiger charge is 2.16. The van der Waals surface area contributed by atoms with E-state index in [0.29, 0.717) is 0 Å². The monoisotopic (exact) mass is 266 g/mol. The molecule has 3 aromatic rings. The first kappa shape index (κ1) is 12.2. The minimum Gasteiger partial charge on any atom is -0.0622 e. The van der Waals surface area contributed by atoms with Crippen LogP contribution < -0.4 is 0 Å². The smallest absolute Gasteiger partial charge is 0.0514 e. The summed E-state index contributed by atoms with van der Waals surface area (Å²) in [6.45, 7) is 0. The number of hydrogen-bond donors (Lipinski definition) is 0. The van der Waals surface area contributed by atoms with E-state index >= 15 is 0 Å². The summed E-state index contributed by atoms with van der Waals surface area (Å²) in [7, 11) is 0. The van der Waals surface area contributed by atoms with Crippen molar-refractivity contribution in [3.63, 3.8) is 0 Å². The van der Waals surface area contributed by atoms with E-state index in [4.69, 9.17) is 0 Å². The molecule has 1 aliphatic rings. The maximum absolute atomic E-state index is 3.55. The van der Waals surface area contributed by atoms with Crippen molar-refractivity contribution in [3.05, 3.63) is 113 Å². The van der Waals surface area contributed by atoms with Crippen LogP contribution in [-0.4, -0.2) is 0 Å². The molecule has 0 spiro atoms. The summed E-state index contributed by atoms with van der Waals surface area (Å²) >= 11 is 0. The molecule has 0 heterocycles. The van der Waals surface area contributed by atoms with Gasteiger partial charge in [-0.2, -0.15) is 0 Å². The third kappa shape index (κ3) is 2.19. The molecular weight excluding hydrogens is 252 g/mol. The fourth-order valence-electron chi connectivity index (χ4n) is 2.80. The van der Waals surface area contributed by atoms with E-state index in [1.807, 2.05) is 0 Å². The second-order valence-electron chi connectivity index (χ2n) is 5.18. The van der Waals surface area contributed by atoms with Gasteiger partial charge in [0.1, 0.15) is 0 Å². The predicted octanol–water partition coefficient (Wildman–Crippen LogP) is 5.07. The second kappa shape index (κ2) is 5.06. The Bertz CT molecular complexity index is 810. The van der Waals surface area contributed by atoms with Gasteiger partial charge in [-0.3, -0.25) is 0 Å². The topological polar surface area (TPSA) is 0 Å². The van der Waals surface area contributed by atoms with E-state index in [1.165, 1.54) is 22.3 Å². The van der Waals surface area contributed by atoms with Gasteiger partial charge in [0.25, 0.3) is 0 Å². The Hall–Kier alpha value is -2.60. The van der Waals surface area contributed by atoms with Crippen molar-refractivity contribution < 1.29 is 0 Å². The first-order valence-corrected chi connectivity index (χ1v) is 7.14. The number of fused-ring (bicyclic) bond motifs is 2. The molecule has 98 valence electrons. The van der Waals surface area contributed by atoms with Crippen LogP contribution in [0.3, 0.4) is 0 Å². The molecule has 0 heteroatoms. The first-order chi connectivity index (χ1) is 10.4. The van der Waals surface area contributed by atoms with Crippen LogP contribution in [-0.2, 0) is 0 Å². The van der Waals surface area contributed by atoms with Gasteiger partial charge in [-0.05, 0) is 39.5 Å². The van der Waals surface area contributed by atoms with E-state index in [1.54, 1.807) is 0 Å². The molecule has 0 saturated heterocycles. The van der Waals surface area contributed by atoms with Gasteiger partial charge in [0.15, 0.2) is 0 Å². The fourth-order valence-corrected chi connectivity index (χ4v) is 2.80. The molecule has 0 N–H and O–H groups in total. The third-order valence-corrected chi connectivity index (χ3v) is 3.83. The number of benzene rings is 3. The molecule has 3 aromatic carbocycles. The zero-order chi connectivity index (χ0) is 14.1. The highest BCUT2D eigenvalue weighted by Crippen LogP contribution is 2.34. The van der Waals surface area contributed by atoms with Crippen molar-refractivity contribution in [1.29, 1.82) is 0 Å². The normalized spacial score (nSPS) is 12.9. The van der Waals surface area contributed by atoms with Crippen LogP contribution >= 0.6 is 0 Å². The molecule has 21 heavy (non-hydrogen) atoms. The third-order valence-electron chi connectivity index (χ3n) is 3.83. The van der Waals surface area contributed by atoms with Crippen molar-refractivity contribution in [1.82, 2.24) is 0 Å². The maximum atomic E-state index is 3.55. The lowest BCUT2D eigenvalue weighted by Gasteiger charge is -2.10. The Morgan fingerprint density at radius 1 is 0.571 bits per heavy atom. The summed E-state index contributed by atoms with van der Waals surface area (Å²) < 4.78 is 0. The molecule has 0 saturated carbocycles. The molecule has 0 nitrogen and oxygen atoms in total. The van der Waals surface area contributed by atoms with Gasteiger partial charge in [-0.25, -0.2) is 0 Å². The van der Waals surface area contributed by atoms with E-state index in [-0.39, 0.29) is 0 Å². The Labute approximate surface area is 125 Å². The van der Waals surface area contributed by atoms with Gasteiger partial charge >= 0.3 is 0 Å². The van der Waals surface area contributed by atoms with Gasteiger partial charge in [0.2, 0.25) is 0 Å². The van der Waals surface area contributed by atoms with E-state index in [9.17, 15) is 0 Å². The summed E-state index contributed by atoms with van der Waals surface area (Å²) in [6.07, 6.45) is 5.82. The molecule has 1 aliphatic carbocycles. The Kier molecular flexibility index (Phi) is 2.93. The van der Waals surface area contributed by atoms with Gasteiger partial charge < -0.3 is 0 Å². The minimum absolute atomic E-state index is 1.15. The molecule has 0 atom stereocenters. The van der Waals surface area contributed by atoms with Gasteiger partial charge in [-0.1, -0.05) is 78.9 Å². The van der Waals surface area contributed by atoms with E-state index in [2.05, 4.69) is 91.4 Å². The summed E-state index contributed by atoms with van der Waals surface area (Å²) in [5.41, 5.74) is 7.24. The molecule has 0 aromatic heterocycles. The number of rotatable bonds is 1. The van der Waals surface area contributed by atoms with Gasteiger partial charge in [0, 0.05) is 0 Å². The molecular formula is C21H14. The average Bonchev–Trinajstić information content (AvgIpc) is 2.72. The Morgan fingerprint density at radius 2 is 1.24 bits per heavy atom. The quantitative estimate of drug-likeness (QED) is 0.451. The summed E-state index contributed by atoms with van der Waals surface area (Å²) in [6, 6.07) is 27.4. The molecule has 0 fully saturated rings. The van der Waals surface area contributed by atoms with Crippen molar-refractivity contribution in [2.45, 2.75) is 0 Å². The van der Waals surface area contributed by atoms with Crippen LogP contribution in [0.25, 0.3) is 11.6 Å². The van der Waals surface area contributed by atoms with E-state index in [0.717, 1.165) is 11.1 Å². The standard InChI is InChI=1S/C21H14/c1-2-8-16(9-3-1)21-15-18-11-5-4-10-17(18)14-19-12-6-7-13-20(19)21/h1-13,15H. The average molecular weight is 266 g/mol. The SMILES string of the molecule is [C]1c2ccccc2C=C(c2ccccc2)c2ccccc21. The molecule has 0 bridgehead atoms. The lowest BCUT2D eigenvalue weighted by atomic mass is 9.93. The molecule has 4 rings (SSSR count). The molecule has 0 aliphatic heterocycles. The largest absolute Gasteiger partial charge is 0.0622 e. The highest BCUT2D eigenvalue weighted by atomic mass is 14.2. The highest BCUT2D eigenvalue weighted by molar-refractivity contribution is 5.95. The van der Waals surface area contributed by atoms with Crippen molar-refractivity contribution in [3.8, 4) is 0 Å².